The molecule has 0 unspecified atom stereocenters. The lowest BCUT2D eigenvalue weighted by Crippen LogP contribution is -2.21. The number of benzene rings is 1. The molecule has 100 valence electrons. The predicted octanol–water partition coefficient (Wildman–Crippen LogP) is 2.47. The first-order valence-electron chi connectivity index (χ1n) is 6.53. The molecular weight excluding hydrogens is 230 g/mol. The standard InChI is InChI=1S/C14H21NO3/c1-2-17-12-4-3-5-13(14(12)15)18-10-11-6-8-16-9-7-11/h3-5,11H,2,6-10,15H2,1H3. The van der Waals surface area contributed by atoms with Crippen LogP contribution >= 0.6 is 0 Å². The average Bonchev–Trinajstić information content (AvgIpc) is 2.41. The van der Waals surface area contributed by atoms with Gasteiger partial charge >= 0.3 is 0 Å². The molecule has 0 amide bonds. The van der Waals surface area contributed by atoms with Gasteiger partial charge in [0.2, 0.25) is 0 Å². The number of ether oxygens (including phenoxy) is 3. The minimum atomic E-state index is 0.564. The molecule has 0 bridgehead atoms. The van der Waals surface area contributed by atoms with Crippen LogP contribution < -0.4 is 15.2 Å². The van der Waals surface area contributed by atoms with Crippen LogP contribution in [0.2, 0.25) is 0 Å². The Morgan fingerprint density at radius 2 is 1.89 bits per heavy atom. The molecule has 2 rings (SSSR count). The molecule has 1 aliphatic rings. The van der Waals surface area contributed by atoms with E-state index >= 15 is 0 Å². The summed E-state index contributed by atoms with van der Waals surface area (Å²) in [6, 6.07) is 5.65. The van der Waals surface area contributed by atoms with Gasteiger partial charge in [-0.2, -0.15) is 0 Å². The van der Waals surface area contributed by atoms with Gasteiger partial charge in [0.05, 0.1) is 13.2 Å². The summed E-state index contributed by atoms with van der Waals surface area (Å²) in [6.45, 7) is 4.91. The van der Waals surface area contributed by atoms with E-state index in [9.17, 15) is 0 Å². The van der Waals surface area contributed by atoms with Gasteiger partial charge in [-0.05, 0) is 37.8 Å². The highest BCUT2D eigenvalue weighted by atomic mass is 16.5. The van der Waals surface area contributed by atoms with Crippen molar-refractivity contribution in [2.24, 2.45) is 5.92 Å². The van der Waals surface area contributed by atoms with Crippen LogP contribution in [0.5, 0.6) is 11.5 Å². The molecule has 0 aliphatic carbocycles. The van der Waals surface area contributed by atoms with Gasteiger partial charge in [-0.3, -0.25) is 0 Å². The molecule has 0 spiro atoms. The molecule has 0 atom stereocenters. The molecule has 1 aromatic carbocycles. The van der Waals surface area contributed by atoms with Crippen LogP contribution in [0.25, 0.3) is 0 Å². The minimum absolute atomic E-state index is 0.564. The summed E-state index contributed by atoms with van der Waals surface area (Å²) in [7, 11) is 0. The molecule has 0 saturated carbocycles. The number of hydrogen-bond acceptors (Lipinski definition) is 4. The summed E-state index contributed by atoms with van der Waals surface area (Å²) in [6.07, 6.45) is 2.12. The zero-order valence-electron chi connectivity index (χ0n) is 10.9. The Bertz CT molecular complexity index is 375. The number of anilines is 1. The van der Waals surface area contributed by atoms with Crippen LogP contribution in [0, 0.1) is 5.92 Å². The first kappa shape index (κ1) is 13.0. The van der Waals surface area contributed by atoms with E-state index < -0.39 is 0 Å². The summed E-state index contributed by atoms with van der Waals surface area (Å²) in [5.41, 5.74) is 6.60. The zero-order valence-corrected chi connectivity index (χ0v) is 10.9. The highest BCUT2D eigenvalue weighted by molar-refractivity contribution is 5.62. The van der Waals surface area contributed by atoms with Gasteiger partial charge in [0.15, 0.2) is 0 Å². The Kier molecular flexibility index (Phi) is 4.70. The van der Waals surface area contributed by atoms with E-state index in [1.165, 1.54) is 0 Å². The molecule has 1 heterocycles. The SMILES string of the molecule is CCOc1cccc(OCC2CCOCC2)c1N. The first-order chi connectivity index (χ1) is 8.81. The Morgan fingerprint density at radius 1 is 1.22 bits per heavy atom. The fraction of sp³-hybridized carbons (Fsp3) is 0.571. The van der Waals surface area contributed by atoms with E-state index in [0.717, 1.165) is 26.1 Å². The number of para-hydroxylation sites is 1. The fourth-order valence-corrected chi connectivity index (χ4v) is 2.05. The van der Waals surface area contributed by atoms with Crippen molar-refractivity contribution in [1.82, 2.24) is 0 Å². The van der Waals surface area contributed by atoms with Gasteiger partial charge in [0, 0.05) is 13.2 Å². The lowest BCUT2D eigenvalue weighted by Gasteiger charge is -2.22. The van der Waals surface area contributed by atoms with Crippen molar-refractivity contribution in [2.75, 3.05) is 32.2 Å². The van der Waals surface area contributed by atoms with Gasteiger partial charge in [0.25, 0.3) is 0 Å². The van der Waals surface area contributed by atoms with Crippen LogP contribution in [0.1, 0.15) is 19.8 Å². The highest BCUT2D eigenvalue weighted by Crippen LogP contribution is 2.32. The maximum absolute atomic E-state index is 6.01. The van der Waals surface area contributed by atoms with Crippen LogP contribution in [-0.2, 0) is 4.74 Å². The van der Waals surface area contributed by atoms with Crippen molar-refractivity contribution >= 4 is 5.69 Å². The topological polar surface area (TPSA) is 53.7 Å². The second kappa shape index (κ2) is 6.50. The number of nitrogen functional groups attached to an aromatic ring is 1. The van der Waals surface area contributed by atoms with Gasteiger partial charge in [0.1, 0.15) is 17.2 Å². The summed E-state index contributed by atoms with van der Waals surface area (Å²) >= 11 is 0. The lowest BCUT2D eigenvalue weighted by atomic mass is 10.0. The van der Waals surface area contributed by atoms with Gasteiger partial charge < -0.3 is 19.9 Å². The molecule has 1 fully saturated rings. The van der Waals surface area contributed by atoms with E-state index in [4.69, 9.17) is 19.9 Å². The normalized spacial score (nSPS) is 16.5. The van der Waals surface area contributed by atoms with Gasteiger partial charge in [-0.15, -0.1) is 0 Å². The third kappa shape index (κ3) is 3.29. The number of hydrogen-bond donors (Lipinski definition) is 1. The highest BCUT2D eigenvalue weighted by Gasteiger charge is 2.15. The Labute approximate surface area is 108 Å². The summed E-state index contributed by atoms with van der Waals surface area (Å²) in [5, 5.41) is 0. The van der Waals surface area contributed by atoms with Crippen molar-refractivity contribution in [1.29, 1.82) is 0 Å². The number of nitrogens with two attached hydrogens (primary N) is 1. The summed E-state index contributed by atoms with van der Waals surface area (Å²) in [4.78, 5) is 0. The van der Waals surface area contributed by atoms with Gasteiger partial charge in [-0.1, -0.05) is 6.07 Å². The predicted molar refractivity (Wildman–Crippen MR) is 71.1 cm³/mol. The molecule has 2 N–H and O–H groups in total. The second-order valence-electron chi connectivity index (χ2n) is 4.47. The minimum Gasteiger partial charge on any atom is -0.492 e. The number of rotatable bonds is 5. The van der Waals surface area contributed by atoms with Crippen molar-refractivity contribution in [2.45, 2.75) is 19.8 Å². The molecule has 0 radical (unpaired) electrons. The quantitative estimate of drug-likeness (QED) is 0.817. The molecule has 0 aromatic heterocycles. The first-order valence-corrected chi connectivity index (χ1v) is 6.53. The van der Waals surface area contributed by atoms with Crippen molar-refractivity contribution in [3.05, 3.63) is 18.2 Å². The van der Waals surface area contributed by atoms with Gasteiger partial charge in [-0.25, -0.2) is 0 Å². The molecule has 1 aromatic rings. The van der Waals surface area contributed by atoms with E-state index in [1.54, 1.807) is 0 Å². The van der Waals surface area contributed by atoms with Crippen LogP contribution in [0.4, 0.5) is 5.69 Å². The van der Waals surface area contributed by atoms with E-state index in [-0.39, 0.29) is 0 Å². The molecule has 18 heavy (non-hydrogen) atoms. The monoisotopic (exact) mass is 251 g/mol. The second-order valence-corrected chi connectivity index (χ2v) is 4.47. The Hall–Kier alpha value is -1.42. The van der Waals surface area contributed by atoms with E-state index in [0.29, 0.717) is 36.3 Å². The zero-order chi connectivity index (χ0) is 12.8. The van der Waals surface area contributed by atoms with Crippen molar-refractivity contribution < 1.29 is 14.2 Å². The maximum atomic E-state index is 6.01. The van der Waals surface area contributed by atoms with Crippen LogP contribution in [0.3, 0.4) is 0 Å². The van der Waals surface area contributed by atoms with E-state index in [2.05, 4.69) is 0 Å². The fourth-order valence-electron chi connectivity index (χ4n) is 2.05. The average molecular weight is 251 g/mol. The molecular formula is C14H21NO3. The smallest absolute Gasteiger partial charge is 0.146 e. The van der Waals surface area contributed by atoms with Crippen molar-refractivity contribution in [3.63, 3.8) is 0 Å². The Morgan fingerprint density at radius 3 is 2.56 bits per heavy atom. The molecule has 1 aliphatic heterocycles. The van der Waals surface area contributed by atoms with Crippen molar-refractivity contribution in [3.8, 4) is 11.5 Å². The third-order valence-corrected chi connectivity index (χ3v) is 3.14. The third-order valence-electron chi connectivity index (χ3n) is 3.14. The molecule has 1 saturated heterocycles. The van der Waals surface area contributed by atoms with E-state index in [1.807, 2.05) is 25.1 Å². The Balaban J connectivity index is 1.93. The maximum Gasteiger partial charge on any atom is 0.146 e. The molecule has 4 nitrogen and oxygen atoms in total. The van der Waals surface area contributed by atoms with Crippen LogP contribution in [0.15, 0.2) is 18.2 Å². The summed E-state index contributed by atoms with van der Waals surface area (Å²) in [5.74, 6) is 1.98. The summed E-state index contributed by atoms with van der Waals surface area (Å²) < 4.78 is 16.6. The lowest BCUT2D eigenvalue weighted by molar-refractivity contribution is 0.0498. The molecule has 4 heteroatoms. The van der Waals surface area contributed by atoms with Crippen LogP contribution in [-0.4, -0.2) is 26.4 Å². The largest absolute Gasteiger partial charge is 0.492 e.